The molecule has 0 aliphatic carbocycles. The Hall–Kier alpha value is -2.01. The first-order chi connectivity index (χ1) is 13.6. The summed E-state index contributed by atoms with van der Waals surface area (Å²) in [7, 11) is 0. The van der Waals surface area contributed by atoms with Gasteiger partial charge in [-0.3, -0.25) is 0 Å². The number of hydrogen-bond acceptors (Lipinski definition) is 3. The molecule has 29 heavy (non-hydrogen) atoms. The van der Waals surface area contributed by atoms with E-state index in [-0.39, 0.29) is 12.4 Å². The van der Waals surface area contributed by atoms with Gasteiger partial charge in [-0.15, -0.1) is 23.7 Å². The quantitative estimate of drug-likeness (QED) is 0.365. The van der Waals surface area contributed by atoms with Gasteiger partial charge in [-0.2, -0.15) is 0 Å². The Balaban J connectivity index is 0.00000205. The topological polar surface area (TPSA) is 21.1 Å². The van der Waals surface area contributed by atoms with E-state index >= 15 is 0 Å². The van der Waals surface area contributed by atoms with Gasteiger partial charge in [-0.05, 0) is 55.2 Å². The number of fused-ring (bicyclic) bond motifs is 2. The monoisotopic (exact) mass is 443 g/mol. The molecule has 3 nitrogen and oxygen atoms in total. The molecular formula is C23H23Cl2N3S. The highest BCUT2D eigenvalue weighted by atomic mass is 35.5. The molecule has 0 fully saturated rings. The van der Waals surface area contributed by atoms with E-state index < -0.39 is 0 Å². The molecule has 0 amide bonds. The van der Waals surface area contributed by atoms with Gasteiger partial charge < -0.3 is 9.47 Å². The fraction of sp³-hybridized carbons (Fsp3) is 0.261. The zero-order valence-electron chi connectivity index (χ0n) is 16.5. The molecule has 3 aromatic heterocycles. The maximum atomic E-state index is 6.18. The van der Waals surface area contributed by atoms with Crippen molar-refractivity contribution in [1.29, 1.82) is 0 Å². The molecule has 0 radical (unpaired) electrons. The van der Waals surface area contributed by atoms with Crippen molar-refractivity contribution in [2.45, 2.75) is 33.4 Å². The van der Waals surface area contributed by atoms with Gasteiger partial charge in [-0.25, -0.2) is 4.98 Å². The lowest BCUT2D eigenvalue weighted by Crippen LogP contribution is -2.31. The van der Waals surface area contributed by atoms with E-state index in [1.54, 1.807) is 11.3 Å². The van der Waals surface area contributed by atoms with E-state index in [2.05, 4.69) is 59.7 Å². The number of hydrogen-bond donors (Lipinski definition) is 0. The van der Waals surface area contributed by atoms with Crippen molar-refractivity contribution in [3.8, 4) is 0 Å². The first-order valence-corrected chi connectivity index (χ1v) is 10.8. The molecule has 1 aliphatic rings. The fourth-order valence-electron chi connectivity index (χ4n) is 4.27. The molecule has 0 spiro atoms. The third-order valence-corrected chi connectivity index (χ3v) is 7.12. The number of thiophene rings is 1. The van der Waals surface area contributed by atoms with Crippen molar-refractivity contribution in [2.75, 3.05) is 11.4 Å². The molecule has 1 aromatic carbocycles. The molecule has 0 saturated heterocycles. The molecule has 0 saturated carbocycles. The number of benzene rings is 1. The van der Waals surface area contributed by atoms with Gasteiger partial charge in [0.1, 0.15) is 0 Å². The zero-order chi connectivity index (χ0) is 19.3. The van der Waals surface area contributed by atoms with Crippen LogP contribution in [0.1, 0.15) is 27.3 Å². The highest BCUT2D eigenvalue weighted by Gasteiger charge is 2.23. The summed E-state index contributed by atoms with van der Waals surface area (Å²) in [6.07, 6.45) is 3.02. The van der Waals surface area contributed by atoms with Crippen LogP contribution in [0.15, 0.2) is 48.7 Å². The van der Waals surface area contributed by atoms with Crippen molar-refractivity contribution in [3.63, 3.8) is 0 Å². The van der Waals surface area contributed by atoms with Crippen LogP contribution in [0.2, 0.25) is 4.34 Å². The SMILES string of the molecule is Cc1c(C)n(Cc2ccc(Cl)s2)c2c(N3CCc4ccccc4C3)nccc12.Cl. The Bertz CT molecular complexity index is 1180. The number of aryl methyl sites for hydroxylation is 1. The van der Waals surface area contributed by atoms with E-state index in [0.717, 1.165) is 36.2 Å². The van der Waals surface area contributed by atoms with E-state index in [1.807, 2.05) is 12.3 Å². The second-order valence-electron chi connectivity index (χ2n) is 7.47. The van der Waals surface area contributed by atoms with E-state index in [9.17, 15) is 0 Å². The van der Waals surface area contributed by atoms with Gasteiger partial charge in [0.25, 0.3) is 0 Å². The number of halogens is 2. The van der Waals surface area contributed by atoms with Crippen molar-refractivity contribution >= 4 is 52.1 Å². The molecule has 6 heteroatoms. The molecule has 4 heterocycles. The van der Waals surface area contributed by atoms with Gasteiger partial charge in [0.2, 0.25) is 0 Å². The van der Waals surface area contributed by atoms with Crippen LogP contribution < -0.4 is 4.90 Å². The lowest BCUT2D eigenvalue weighted by molar-refractivity contribution is 0.718. The molecule has 4 aromatic rings. The highest BCUT2D eigenvalue weighted by Crippen LogP contribution is 2.35. The standard InChI is InChI=1S/C23H22ClN3S.ClH/c1-15-16(2)27(14-19-7-8-21(24)28-19)22-20(15)9-11-25-23(22)26-12-10-17-5-3-4-6-18(17)13-26;/h3-9,11H,10,12-14H2,1-2H3;1H. The lowest BCUT2D eigenvalue weighted by Gasteiger charge is -2.30. The minimum absolute atomic E-state index is 0. The van der Waals surface area contributed by atoms with E-state index in [1.165, 1.54) is 38.2 Å². The summed E-state index contributed by atoms with van der Waals surface area (Å²) in [5, 5.41) is 1.30. The highest BCUT2D eigenvalue weighted by molar-refractivity contribution is 7.16. The van der Waals surface area contributed by atoms with Crippen molar-refractivity contribution in [3.05, 3.63) is 80.3 Å². The predicted molar refractivity (Wildman–Crippen MR) is 126 cm³/mol. The van der Waals surface area contributed by atoms with Gasteiger partial charge >= 0.3 is 0 Å². The molecular weight excluding hydrogens is 421 g/mol. The van der Waals surface area contributed by atoms with Crippen LogP contribution in [0.5, 0.6) is 0 Å². The third kappa shape index (κ3) is 3.54. The van der Waals surface area contributed by atoms with Gasteiger partial charge in [-0.1, -0.05) is 35.9 Å². The van der Waals surface area contributed by atoms with Crippen LogP contribution in [-0.2, 0) is 19.5 Å². The fourth-order valence-corrected chi connectivity index (χ4v) is 5.35. The van der Waals surface area contributed by atoms with Gasteiger partial charge in [0.15, 0.2) is 5.82 Å². The average molecular weight is 444 g/mol. The predicted octanol–water partition coefficient (Wildman–Crippen LogP) is 6.40. The summed E-state index contributed by atoms with van der Waals surface area (Å²) in [4.78, 5) is 8.55. The molecule has 0 N–H and O–H groups in total. The van der Waals surface area contributed by atoms with Crippen LogP contribution in [-0.4, -0.2) is 16.1 Å². The summed E-state index contributed by atoms with van der Waals surface area (Å²) in [6.45, 7) is 7.16. The number of aromatic nitrogens is 2. The number of rotatable bonds is 3. The number of nitrogens with zero attached hydrogens (tertiary/aromatic N) is 3. The minimum atomic E-state index is 0. The van der Waals surface area contributed by atoms with Crippen LogP contribution in [0.3, 0.4) is 0 Å². The molecule has 150 valence electrons. The first-order valence-electron chi connectivity index (χ1n) is 9.62. The van der Waals surface area contributed by atoms with Gasteiger partial charge in [0.05, 0.1) is 16.4 Å². The van der Waals surface area contributed by atoms with Crippen molar-refractivity contribution < 1.29 is 0 Å². The van der Waals surface area contributed by atoms with Gasteiger partial charge in [0, 0.05) is 35.2 Å². The molecule has 5 rings (SSSR count). The Kier molecular flexibility index (Phi) is 5.60. The second-order valence-corrected chi connectivity index (χ2v) is 9.27. The summed E-state index contributed by atoms with van der Waals surface area (Å²) in [5.41, 5.74) is 6.73. The maximum Gasteiger partial charge on any atom is 0.153 e. The molecule has 0 unspecified atom stereocenters. The summed E-state index contributed by atoms with van der Waals surface area (Å²) < 4.78 is 3.25. The van der Waals surface area contributed by atoms with Crippen molar-refractivity contribution in [1.82, 2.24) is 9.55 Å². The van der Waals surface area contributed by atoms with Crippen LogP contribution in [0.25, 0.3) is 10.9 Å². The smallest absolute Gasteiger partial charge is 0.153 e. The van der Waals surface area contributed by atoms with Crippen molar-refractivity contribution in [2.24, 2.45) is 0 Å². The molecule has 1 aliphatic heterocycles. The minimum Gasteiger partial charge on any atom is -0.350 e. The zero-order valence-corrected chi connectivity index (χ0v) is 18.9. The average Bonchev–Trinajstić information content (AvgIpc) is 3.24. The Morgan fingerprint density at radius 2 is 1.86 bits per heavy atom. The van der Waals surface area contributed by atoms with E-state index in [0.29, 0.717) is 0 Å². The maximum absolute atomic E-state index is 6.18. The summed E-state index contributed by atoms with van der Waals surface area (Å²) in [6, 6.07) is 15.0. The van der Waals surface area contributed by atoms with E-state index in [4.69, 9.17) is 16.6 Å². The Labute approximate surface area is 186 Å². The summed E-state index contributed by atoms with van der Waals surface area (Å²) in [5.74, 6) is 1.09. The molecule has 0 atom stereocenters. The summed E-state index contributed by atoms with van der Waals surface area (Å²) >= 11 is 7.83. The van der Waals surface area contributed by atoms with Crippen LogP contribution in [0, 0.1) is 13.8 Å². The number of anilines is 1. The Morgan fingerprint density at radius 3 is 2.62 bits per heavy atom. The number of pyridine rings is 1. The Morgan fingerprint density at radius 1 is 1.07 bits per heavy atom. The second kappa shape index (κ2) is 8.02. The lowest BCUT2D eigenvalue weighted by atomic mass is 10.00. The third-order valence-electron chi connectivity index (χ3n) is 5.90. The largest absolute Gasteiger partial charge is 0.350 e. The first kappa shape index (κ1) is 20.3. The normalized spacial score (nSPS) is 13.4. The molecule has 0 bridgehead atoms. The van der Waals surface area contributed by atoms with Crippen LogP contribution >= 0.6 is 35.3 Å². The van der Waals surface area contributed by atoms with Crippen LogP contribution in [0.4, 0.5) is 5.82 Å².